The van der Waals surface area contributed by atoms with Gasteiger partial charge in [0.05, 0.1) is 162 Å². The van der Waals surface area contributed by atoms with Gasteiger partial charge in [-0.2, -0.15) is 0 Å². The molecule has 0 fully saturated rings. The van der Waals surface area contributed by atoms with E-state index in [-0.39, 0.29) is 32.0 Å². The van der Waals surface area contributed by atoms with E-state index in [1.165, 1.54) is 0 Å². The molecule has 0 atom stereocenters. The van der Waals surface area contributed by atoms with Crippen molar-refractivity contribution in [3.8, 4) is 23.3 Å². The van der Waals surface area contributed by atoms with Crippen molar-refractivity contribution in [2.75, 3.05) is 186 Å². The van der Waals surface area contributed by atoms with Crippen LogP contribution in [0.4, 0.5) is 5.69 Å². The van der Waals surface area contributed by atoms with Gasteiger partial charge in [0.2, 0.25) is 0 Å². The SMILES string of the molecule is CCN(CC)N=Nc1cc(C#Cc2cc(C#C[Si](C)(C)C)cc(C(=O)OCCOCCOCCOCCOCCOCCOC)c2)cc(C(=O)OCCOCCOCCOCCOCCOCCOC)c1. The second-order valence-corrected chi connectivity index (χ2v) is 20.8. The highest BCUT2D eigenvalue weighted by molar-refractivity contribution is 6.83. The van der Waals surface area contributed by atoms with Crippen LogP contribution in [-0.4, -0.2) is 211 Å². The van der Waals surface area contributed by atoms with Crippen LogP contribution in [0.1, 0.15) is 51.3 Å². The number of carbonyl (C=O) groups is 2. The molecule has 2 rings (SSSR count). The molecule has 0 aliphatic rings. The highest BCUT2D eigenvalue weighted by atomic mass is 28.3. The summed E-state index contributed by atoms with van der Waals surface area (Å²) in [7, 11) is 1.50. The lowest BCUT2D eigenvalue weighted by atomic mass is 10.0. The summed E-state index contributed by atoms with van der Waals surface area (Å²) in [6, 6.07) is 10.1. The van der Waals surface area contributed by atoms with Gasteiger partial charge in [-0.15, -0.1) is 10.7 Å². The van der Waals surface area contributed by atoms with Crippen LogP contribution < -0.4 is 0 Å². The molecule has 0 aromatic heterocycles. The number of methoxy groups -OCH3 is 2. The maximum Gasteiger partial charge on any atom is 0.338 e. The molecule has 0 saturated carbocycles. The van der Waals surface area contributed by atoms with Crippen LogP contribution in [0.25, 0.3) is 0 Å². The molecule has 398 valence electrons. The van der Waals surface area contributed by atoms with Crippen molar-refractivity contribution in [2.45, 2.75) is 33.5 Å². The molecule has 20 heteroatoms. The number of hydrogen-bond acceptors (Lipinski definition) is 18. The highest BCUT2D eigenvalue weighted by Crippen LogP contribution is 2.20. The number of rotatable bonds is 42. The molecule has 2 aromatic rings. The fraction of sp³-hybridized carbons (Fsp3) is 0.647. The molecule has 0 heterocycles. The Morgan fingerprint density at radius 3 is 1.08 bits per heavy atom. The monoisotopic (exact) mass is 1020 g/mol. The Morgan fingerprint density at radius 2 is 0.746 bits per heavy atom. The molecule has 2 aromatic carbocycles. The Balaban J connectivity index is 1.91. The molecule has 0 spiro atoms. The van der Waals surface area contributed by atoms with Gasteiger partial charge in [0, 0.05) is 44.0 Å². The number of carbonyl (C=O) groups excluding carboxylic acids is 2. The van der Waals surface area contributed by atoms with Crippen LogP contribution in [0.3, 0.4) is 0 Å². The van der Waals surface area contributed by atoms with E-state index in [0.717, 1.165) is 0 Å². The van der Waals surface area contributed by atoms with Gasteiger partial charge in [-0.1, -0.05) is 42.6 Å². The average Bonchev–Trinajstić information content (AvgIpc) is 3.36. The minimum atomic E-state index is -1.76. The molecule has 0 bridgehead atoms. The van der Waals surface area contributed by atoms with Crippen molar-refractivity contribution < 1.29 is 75.9 Å². The Kier molecular flexibility index (Phi) is 37.3. The van der Waals surface area contributed by atoms with Gasteiger partial charge in [-0.3, -0.25) is 5.01 Å². The highest BCUT2D eigenvalue weighted by Gasteiger charge is 2.13. The lowest BCUT2D eigenvalue weighted by Gasteiger charge is -2.11. The van der Waals surface area contributed by atoms with Crippen molar-refractivity contribution in [3.05, 3.63) is 64.2 Å². The van der Waals surface area contributed by atoms with Crippen molar-refractivity contribution in [1.82, 2.24) is 5.01 Å². The summed E-state index contributed by atoms with van der Waals surface area (Å²) in [5, 5.41) is 10.5. The van der Waals surface area contributed by atoms with Gasteiger partial charge in [0.15, 0.2) is 0 Å². The molecule has 71 heavy (non-hydrogen) atoms. The quantitative estimate of drug-likeness (QED) is 0.0204. The van der Waals surface area contributed by atoms with Crippen LogP contribution in [0, 0.1) is 23.3 Å². The lowest BCUT2D eigenvalue weighted by Crippen LogP contribution is -2.16. The summed E-state index contributed by atoms with van der Waals surface area (Å²) in [6.07, 6.45) is 0. The molecule has 0 saturated heterocycles. The largest absolute Gasteiger partial charge is 0.460 e. The fourth-order valence-electron chi connectivity index (χ4n) is 5.42. The number of nitrogens with zero attached hydrogens (tertiary/aromatic N) is 3. The zero-order valence-corrected chi connectivity index (χ0v) is 44.2. The molecule has 0 radical (unpaired) electrons. The number of hydrogen-bond donors (Lipinski definition) is 0. The van der Waals surface area contributed by atoms with Crippen molar-refractivity contribution in [2.24, 2.45) is 10.3 Å². The summed E-state index contributed by atoms with van der Waals surface area (Å²) >= 11 is 0. The van der Waals surface area contributed by atoms with Crippen LogP contribution in [0.5, 0.6) is 0 Å². The van der Waals surface area contributed by atoms with E-state index in [1.54, 1.807) is 49.6 Å². The van der Waals surface area contributed by atoms with E-state index in [4.69, 9.17) is 66.3 Å². The molecule has 19 nitrogen and oxygen atoms in total. The Bertz CT molecular complexity index is 1870. The van der Waals surface area contributed by atoms with Gasteiger partial charge < -0.3 is 66.3 Å². The van der Waals surface area contributed by atoms with E-state index in [1.807, 2.05) is 19.9 Å². The minimum Gasteiger partial charge on any atom is -0.460 e. The molecular formula is C51H79N3O16Si. The first-order valence-corrected chi connectivity index (χ1v) is 27.7. The summed E-state index contributed by atoms with van der Waals surface area (Å²) < 4.78 is 75.8. The Labute approximate surface area is 422 Å². The van der Waals surface area contributed by atoms with Crippen molar-refractivity contribution in [1.29, 1.82) is 0 Å². The standard InChI is InChI=1S/C51H79N3O16Si/c1-8-54(9-2)53-52-49-42-45(40-48(43-49)51(56)70-36-34-68-32-30-66-28-26-64-24-22-62-20-18-60-16-14-58-4)11-10-44-38-46(12-37-71(5,6)7)41-47(39-44)50(55)69-35-33-67-31-29-65-27-25-63-23-21-61-19-17-59-15-13-57-3/h38-43H,8-9,13-36H2,1-7H3. The van der Waals surface area contributed by atoms with E-state index < -0.39 is 20.0 Å². The fourth-order valence-corrected chi connectivity index (χ4v) is 5.94. The molecule has 0 aliphatic carbocycles. The van der Waals surface area contributed by atoms with Crippen LogP contribution in [-0.2, 0) is 66.3 Å². The smallest absolute Gasteiger partial charge is 0.338 e. The topological polar surface area (TPSA) is 191 Å². The molecular weight excluding hydrogens is 939 g/mol. The number of ether oxygens (including phenoxy) is 14. The second-order valence-electron chi connectivity index (χ2n) is 16.0. The maximum absolute atomic E-state index is 13.3. The van der Waals surface area contributed by atoms with Gasteiger partial charge in [0.25, 0.3) is 0 Å². The minimum absolute atomic E-state index is 0.0255. The normalized spacial score (nSPS) is 11.3. The summed E-state index contributed by atoms with van der Waals surface area (Å²) in [5.41, 5.74) is 5.94. The molecule has 0 N–H and O–H groups in total. The maximum atomic E-state index is 13.3. The third kappa shape index (κ3) is 34.6. The van der Waals surface area contributed by atoms with Crippen LogP contribution in [0.2, 0.25) is 19.6 Å². The first kappa shape index (κ1) is 62.8. The van der Waals surface area contributed by atoms with Gasteiger partial charge in [-0.25, -0.2) is 9.59 Å². The lowest BCUT2D eigenvalue weighted by molar-refractivity contribution is -0.0178. The van der Waals surface area contributed by atoms with E-state index in [2.05, 4.69) is 53.3 Å². The van der Waals surface area contributed by atoms with Crippen molar-refractivity contribution >= 4 is 25.7 Å². The predicted octanol–water partition coefficient (Wildman–Crippen LogP) is 5.43. The Hall–Kier alpha value is -4.36. The van der Waals surface area contributed by atoms with Crippen LogP contribution in [0.15, 0.2) is 46.7 Å². The number of benzene rings is 2. The Morgan fingerprint density at radius 1 is 0.437 bits per heavy atom. The first-order chi connectivity index (χ1) is 34.6. The first-order valence-electron chi connectivity index (χ1n) is 24.2. The van der Waals surface area contributed by atoms with Gasteiger partial charge in [-0.05, 0) is 50.2 Å². The third-order valence-corrected chi connectivity index (χ3v) is 9.91. The summed E-state index contributed by atoms with van der Waals surface area (Å²) in [5.74, 6) is 8.39. The van der Waals surface area contributed by atoms with Gasteiger partial charge >= 0.3 is 11.9 Å². The van der Waals surface area contributed by atoms with Gasteiger partial charge in [0.1, 0.15) is 21.3 Å². The molecule has 0 amide bonds. The zero-order valence-electron chi connectivity index (χ0n) is 43.2. The summed E-state index contributed by atoms with van der Waals surface area (Å²) in [4.78, 5) is 26.5. The van der Waals surface area contributed by atoms with E-state index in [0.29, 0.717) is 173 Å². The van der Waals surface area contributed by atoms with Crippen LogP contribution >= 0.6 is 0 Å². The van der Waals surface area contributed by atoms with Crippen molar-refractivity contribution in [3.63, 3.8) is 0 Å². The van der Waals surface area contributed by atoms with E-state index >= 15 is 0 Å². The molecule has 0 aliphatic heterocycles. The summed E-state index contributed by atoms with van der Waals surface area (Å²) in [6.45, 7) is 21.3. The second kappa shape index (κ2) is 42.2. The third-order valence-electron chi connectivity index (χ3n) is 9.03. The average molecular weight is 1020 g/mol. The number of esters is 2. The van der Waals surface area contributed by atoms with E-state index in [9.17, 15) is 9.59 Å². The molecule has 0 unspecified atom stereocenters. The zero-order chi connectivity index (χ0) is 51.5. The predicted molar refractivity (Wildman–Crippen MR) is 269 cm³/mol.